The fourth-order valence-corrected chi connectivity index (χ4v) is 2.60. The van der Waals surface area contributed by atoms with Crippen LogP contribution in [-0.4, -0.2) is 47.9 Å². The van der Waals surface area contributed by atoms with E-state index in [1.165, 1.54) is 43.8 Å². The standard InChI is InChI=1S/C19H20ClN3O4/c1-4-23(5-2)18(25)14-8-13(10-21-11-14)17(24)22-16-9-12(19(26)27-3)6-7-15(16)20/h6-11H,4-5H2,1-3H3,(H,22,24). The zero-order valence-corrected chi connectivity index (χ0v) is 16.0. The van der Waals surface area contributed by atoms with Crippen molar-refractivity contribution in [1.29, 1.82) is 0 Å². The van der Waals surface area contributed by atoms with Crippen molar-refractivity contribution in [3.05, 3.63) is 58.4 Å². The van der Waals surface area contributed by atoms with Crippen molar-refractivity contribution in [1.82, 2.24) is 9.88 Å². The second-order valence-corrected chi connectivity index (χ2v) is 5.99. The summed E-state index contributed by atoms with van der Waals surface area (Å²) < 4.78 is 4.66. The number of nitrogens with one attached hydrogen (secondary N) is 1. The lowest BCUT2D eigenvalue weighted by atomic mass is 10.1. The van der Waals surface area contributed by atoms with Crippen molar-refractivity contribution < 1.29 is 19.1 Å². The second-order valence-electron chi connectivity index (χ2n) is 5.58. The Balaban J connectivity index is 2.25. The second kappa shape index (κ2) is 9.14. The number of hydrogen-bond acceptors (Lipinski definition) is 5. The Hall–Kier alpha value is -2.93. The summed E-state index contributed by atoms with van der Waals surface area (Å²) >= 11 is 6.09. The van der Waals surface area contributed by atoms with Gasteiger partial charge in [0.15, 0.2) is 0 Å². The number of anilines is 1. The molecule has 0 fully saturated rings. The van der Waals surface area contributed by atoms with Crippen molar-refractivity contribution >= 4 is 35.1 Å². The zero-order chi connectivity index (χ0) is 20.0. The van der Waals surface area contributed by atoms with Gasteiger partial charge in [0.2, 0.25) is 0 Å². The summed E-state index contributed by atoms with van der Waals surface area (Å²) in [5.74, 6) is -1.25. The molecule has 0 aliphatic rings. The van der Waals surface area contributed by atoms with E-state index in [0.29, 0.717) is 18.7 Å². The molecule has 8 heteroatoms. The molecule has 0 bridgehead atoms. The topological polar surface area (TPSA) is 88.6 Å². The van der Waals surface area contributed by atoms with Crippen LogP contribution in [0.25, 0.3) is 0 Å². The van der Waals surface area contributed by atoms with E-state index in [2.05, 4.69) is 15.0 Å². The Labute approximate surface area is 162 Å². The number of methoxy groups -OCH3 is 1. The fraction of sp³-hybridized carbons (Fsp3) is 0.263. The molecule has 2 amide bonds. The Morgan fingerprint density at radius 2 is 1.74 bits per heavy atom. The molecular formula is C19H20ClN3O4. The first-order valence-electron chi connectivity index (χ1n) is 8.34. The van der Waals surface area contributed by atoms with E-state index in [0.717, 1.165) is 0 Å². The van der Waals surface area contributed by atoms with Crippen LogP contribution < -0.4 is 5.32 Å². The molecule has 0 aliphatic carbocycles. The average Bonchev–Trinajstić information content (AvgIpc) is 2.69. The predicted molar refractivity (Wildman–Crippen MR) is 102 cm³/mol. The van der Waals surface area contributed by atoms with E-state index in [-0.39, 0.29) is 27.7 Å². The summed E-state index contributed by atoms with van der Waals surface area (Å²) in [7, 11) is 1.26. The molecular weight excluding hydrogens is 370 g/mol. The van der Waals surface area contributed by atoms with Gasteiger partial charge in [0.1, 0.15) is 0 Å². The lowest BCUT2D eigenvalue weighted by Gasteiger charge is -2.18. The van der Waals surface area contributed by atoms with Crippen molar-refractivity contribution in [2.45, 2.75) is 13.8 Å². The Morgan fingerprint density at radius 3 is 2.37 bits per heavy atom. The highest BCUT2D eigenvalue weighted by molar-refractivity contribution is 6.34. The molecule has 0 saturated heterocycles. The molecule has 27 heavy (non-hydrogen) atoms. The molecule has 1 heterocycles. The first-order valence-corrected chi connectivity index (χ1v) is 8.72. The molecule has 0 saturated carbocycles. The summed E-state index contributed by atoms with van der Waals surface area (Å²) in [4.78, 5) is 42.2. The van der Waals surface area contributed by atoms with Crippen LogP contribution in [0.3, 0.4) is 0 Å². The Kier molecular flexibility index (Phi) is 6.90. The summed E-state index contributed by atoms with van der Waals surface area (Å²) in [6.07, 6.45) is 2.77. The largest absolute Gasteiger partial charge is 0.465 e. The lowest BCUT2D eigenvalue weighted by molar-refractivity contribution is 0.0600. The van der Waals surface area contributed by atoms with Gasteiger partial charge in [-0.25, -0.2) is 4.79 Å². The number of amides is 2. The molecule has 7 nitrogen and oxygen atoms in total. The number of ether oxygens (including phenoxy) is 1. The van der Waals surface area contributed by atoms with Crippen LogP contribution in [0.1, 0.15) is 44.9 Å². The van der Waals surface area contributed by atoms with E-state index in [1.807, 2.05) is 13.8 Å². The van der Waals surface area contributed by atoms with Gasteiger partial charge in [-0.15, -0.1) is 0 Å². The smallest absolute Gasteiger partial charge is 0.337 e. The minimum Gasteiger partial charge on any atom is -0.465 e. The van der Waals surface area contributed by atoms with Gasteiger partial charge in [0, 0.05) is 25.5 Å². The first kappa shape index (κ1) is 20.4. The Bertz CT molecular complexity index is 866. The van der Waals surface area contributed by atoms with Crippen LogP contribution in [0.2, 0.25) is 5.02 Å². The van der Waals surface area contributed by atoms with Crippen LogP contribution in [0.15, 0.2) is 36.7 Å². The maximum atomic E-state index is 12.5. The van der Waals surface area contributed by atoms with E-state index >= 15 is 0 Å². The molecule has 0 aliphatic heterocycles. The summed E-state index contributed by atoms with van der Waals surface area (Å²) in [5, 5.41) is 2.89. The molecule has 0 atom stereocenters. The number of benzene rings is 1. The van der Waals surface area contributed by atoms with Crippen LogP contribution in [0.4, 0.5) is 5.69 Å². The number of pyridine rings is 1. The fourth-order valence-electron chi connectivity index (χ4n) is 2.43. The molecule has 0 spiro atoms. The van der Waals surface area contributed by atoms with E-state index in [4.69, 9.17) is 11.6 Å². The van der Waals surface area contributed by atoms with Gasteiger partial charge in [-0.05, 0) is 38.1 Å². The number of carbonyl (C=O) groups excluding carboxylic acids is 3. The predicted octanol–water partition coefficient (Wildman–Crippen LogP) is 3.26. The third-order valence-corrected chi connectivity index (χ3v) is 4.26. The van der Waals surface area contributed by atoms with Crippen molar-refractivity contribution in [2.75, 3.05) is 25.5 Å². The third-order valence-electron chi connectivity index (χ3n) is 3.93. The number of aromatic nitrogens is 1. The van der Waals surface area contributed by atoms with Gasteiger partial charge in [-0.2, -0.15) is 0 Å². The summed E-state index contributed by atoms with van der Waals surface area (Å²) in [6.45, 7) is 4.87. The van der Waals surface area contributed by atoms with Gasteiger partial charge in [-0.1, -0.05) is 11.6 Å². The normalized spacial score (nSPS) is 10.2. The number of halogens is 1. The number of carbonyl (C=O) groups is 3. The van der Waals surface area contributed by atoms with Crippen molar-refractivity contribution in [2.24, 2.45) is 0 Å². The monoisotopic (exact) mass is 389 g/mol. The number of rotatable bonds is 6. The maximum Gasteiger partial charge on any atom is 0.337 e. The van der Waals surface area contributed by atoms with Gasteiger partial charge in [-0.3, -0.25) is 14.6 Å². The zero-order valence-electron chi connectivity index (χ0n) is 15.3. The van der Waals surface area contributed by atoms with Gasteiger partial charge >= 0.3 is 5.97 Å². The number of esters is 1. The highest BCUT2D eigenvalue weighted by Crippen LogP contribution is 2.24. The van der Waals surface area contributed by atoms with E-state index < -0.39 is 11.9 Å². The highest BCUT2D eigenvalue weighted by atomic mass is 35.5. The quantitative estimate of drug-likeness (QED) is 0.766. The summed E-state index contributed by atoms with van der Waals surface area (Å²) in [6, 6.07) is 5.88. The maximum absolute atomic E-state index is 12.5. The third kappa shape index (κ3) is 4.83. The summed E-state index contributed by atoms with van der Waals surface area (Å²) in [5.41, 5.74) is 1.03. The van der Waals surface area contributed by atoms with Gasteiger partial charge in [0.25, 0.3) is 11.8 Å². The molecule has 2 rings (SSSR count). The first-order chi connectivity index (χ1) is 12.9. The van der Waals surface area contributed by atoms with Crippen LogP contribution in [-0.2, 0) is 4.74 Å². The van der Waals surface area contributed by atoms with Gasteiger partial charge in [0.05, 0.1) is 34.5 Å². The van der Waals surface area contributed by atoms with Crippen molar-refractivity contribution in [3.8, 4) is 0 Å². The van der Waals surface area contributed by atoms with E-state index in [1.54, 1.807) is 4.90 Å². The molecule has 2 aromatic rings. The molecule has 0 radical (unpaired) electrons. The van der Waals surface area contributed by atoms with Gasteiger partial charge < -0.3 is 15.0 Å². The molecule has 142 valence electrons. The van der Waals surface area contributed by atoms with E-state index in [9.17, 15) is 14.4 Å². The lowest BCUT2D eigenvalue weighted by Crippen LogP contribution is -2.30. The average molecular weight is 390 g/mol. The number of hydrogen-bond donors (Lipinski definition) is 1. The molecule has 0 unspecified atom stereocenters. The molecule has 1 aromatic heterocycles. The molecule has 1 aromatic carbocycles. The number of nitrogens with zero attached hydrogens (tertiary/aromatic N) is 2. The minimum atomic E-state index is -0.546. The highest BCUT2D eigenvalue weighted by Gasteiger charge is 2.17. The van der Waals surface area contributed by atoms with Crippen LogP contribution in [0.5, 0.6) is 0 Å². The van der Waals surface area contributed by atoms with Crippen molar-refractivity contribution in [3.63, 3.8) is 0 Å². The Morgan fingerprint density at radius 1 is 1.07 bits per heavy atom. The minimum absolute atomic E-state index is 0.201. The van der Waals surface area contributed by atoms with Crippen LogP contribution in [0, 0.1) is 0 Å². The molecule has 1 N–H and O–H groups in total. The van der Waals surface area contributed by atoms with Crippen LogP contribution >= 0.6 is 11.6 Å². The SMILES string of the molecule is CCN(CC)C(=O)c1cncc(C(=O)Nc2cc(C(=O)OC)ccc2Cl)c1.